The lowest BCUT2D eigenvalue weighted by atomic mass is 10.2. The number of carbonyl (C=O) groups excluding carboxylic acids is 1. The van der Waals surface area contributed by atoms with Crippen molar-refractivity contribution < 1.29 is 26.4 Å². The third-order valence-corrected chi connectivity index (χ3v) is 7.36. The minimum atomic E-state index is -3.94. The molecule has 12 heteroatoms. The Morgan fingerprint density at radius 3 is 2.17 bits per heavy atom. The van der Waals surface area contributed by atoms with Crippen molar-refractivity contribution in [3.63, 3.8) is 0 Å². The molecule has 0 saturated carbocycles. The Bertz CT molecular complexity index is 1300. The second kappa shape index (κ2) is 10.6. The first-order valence-electron chi connectivity index (χ1n) is 11.6. The highest BCUT2D eigenvalue weighted by Gasteiger charge is 2.25. The Balaban J connectivity index is 1.84. The van der Waals surface area contributed by atoms with Gasteiger partial charge in [0.1, 0.15) is 5.60 Å². The third kappa shape index (κ3) is 7.76. The quantitative estimate of drug-likeness (QED) is 0.575. The normalized spacial score (nSPS) is 15.2. The predicted molar refractivity (Wildman–Crippen MR) is 142 cm³/mol. The molecule has 0 bridgehead atoms. The number of sulfonamides is 2. The van der Waals surface area contributed by atoms with E-state index < -0.39 is 25.6 Å². The fraction of sp³-hybridized carbons (Fsp3) is 0.458. The van der Waals surface area contributed by atoms with E-state index in [1.807, 2.05) is 32.6 Å². The Kier molecular flexibility index (Phi) is 8.09. The van der Waals surface area contributed by atoms with Gasteiger partial charge < -0.3 is 14.5 Å². The van der Waals surface area contributed by atoms with Crippen molar-refractivity contribution in [1.82, 2.24) is 4.90 Å². The van der Waals surface area contributed by atoms with Gasteiger partial charge in [-0.3, -0.25) is 9.44 Å². The fourth-order valence-corrected chi connectivity index (χ4v) is 5.36. The molecule has 1 aliphatic rings. The number of carbonyl (C=O) groups is 1. The molecule has 0 spiro atoms. The minimum Gasteiger partial charge on any atom is -0.444 e. The van der Waals surface area contributed by atoms with Gasteiger partial charge in [-0.15, -0.1) is 0 Å². The largest absolute Gasteiger partial charge is 0.444 e. The Morgan fingerprint density at radius 2 is 1.56 bits per heavy atom. The van der Waals surface area contributed by atoms with Crippen molar-refractivity contribution in [2.45, 2.75) is 44.6 Å². The average Bonchev–Trinajstić information content (AvgIpc) is 2.99. The van der Waals surface area contributed by atoms with E-state index in [1.165, 1.54) is 18.2 Å². The van der Waals surface area contributed by atoms with E-state index in [0.29, 0.717) is 38.3 Å². The summed E-state index contributed by atoms with van der Waals surface area (Å²) in [6, 6.07) is 11.2. The molecule has 3 rings (SSSR count). The van der Waals surface area contributed by atoms with Gasteiger partial charge in [0.05, 0.1) is 22.5 Å². The smallest absolute Gasteiger partial charge is 0.410 e. The third-order valence-electron chi connectivity index (χ3n) is 5.39. The van der Waals surface area contributed by atoms with Gasteiger partial charge in [0.15, 0.2) is 0 Å². The van der Waals surface area contributed by atoms with E-state index in [0.717, 1.165) is 11.8 Å². The second-order valence-electron chi connectivity index (χ2n) is 9.83. The fourth-order valence-electron chi connectivity index (χ4n) is 3.71. The zero-order valence-corrected chi connectivity index (χ0v) is 22.9. The number of nitrogens with one attached hydrogen (secondary N) is 2. The van der Waals surface area contributed by atoms with Gasteiger partial charge in [0, 0.05) is 31.9 Å². The van der Waals surface area contributed by atoms with Crippen LogP contribution in [0.5, 0.6) is 0 Å². The first-order chi connectivity index (χ1) is 16.6. The number of nitrogens with zero attached hydrogens (tertiary/aromatic N) is 2. The zero-order chi connectivity index (χ0) is 26.7. The van der Waals surface area contributed by atoms with Crippen LogP contribution in [0.3, 0.4) is 0 Å². The average molecular weight is 539 g/mol. The Hall–Kier alpha value is -2.99. The molecule has 0 atom stereocenters. The minimum absolute atomic E-state index is 0.0669. The van der Waals surface area contributed by atoms with Gasteiger partial charge in [0.2, 0.25) is 10.0 Å². The van der Waals surface area contributed by atoms with Crippen LogP contribution >= 0.6 is 0 Å². The molecule has 10 nitrogen and oxygen atoms in total. The number of anilines is 3. The van der Waals surface area contributed by atoms with E-state index in [1.54, 1.807) is 29.2 Å². The molecule has 198 valence electrons. The Morgan fingerprint density at radius 1 is 0.889 bits per heavy atom. The predicted octanol–water partition coefficient (Wildman–Crippen LogP) is 3.61. The van der Waals surface area contributed by atoms with E-state index >= 15 is 0 Å². The molecule has 0 aromatic heterocycles. The van der Waals surface area contributed by atoms with Gasteiger partial charge in [0.25, 0.3) is 10.0 Å². The molecular formula is C24H34N4O6S2. The van der Waals surface area contributed by atoms with Crippen molar-refractivity contribution in [2.75, 3.05) is 46.8 Å². The van der Waals surface area contributed by atoms with Crippen molar-refractivity contribution in [1.29, 1.82) is 0 Å². The summed E-state index contributed by atoms with van der Waals surface area (Å²) in [6.45, 7) is 9.42. The van der Waals surface area contributed by atoms with Crippen LogP contribution in [0.4, 0.5) is 21.9 Å². The van der Waals surface area contributed by atoms with Crippen molar-refractivity contribution in [3.05, 3.63) is 48.0 Å². The molecule has 0 unspecified atom stereocenters. The van der Waals surface area contributed by atoms with Crippen molar-refractivity contribution >= 4 is 43.2 Å². The summed E-state index contributed by atoms with van der Waals surface area (Å²) in [6.07, 6.45) is 1.32. The van der Waals surface area contributed by atoms with Crippen LogP contribution in [0, 0.1) is 6.92 Å². The lowest BCUT2D eigenvalue weighted by molar-refractivity contribution is 0.0263. The lowest BCUT2D eigenvalue weighted by Gasteiger charge is -2.27. The van der Waals surface area contributed by atoms with Crippen LogP contribution < -0.4 is 14.3 Å². The number of ether oxygens (including phenoxy) is 1. The van der Waals surface area contributed by atoms with Crippen LogP contribution in [0.25, 0.3) is 0 Å². The van der Waals surface area contributed by atoms with Gasteiger partial charge in [-0.05, 0) is 64.4 Å². The molecule has 1 fully saturated rings. The molecule has 0 radical (unpaired) electrons. The summed E-state index contributed by atoms with van der Waals surface area (Å²) in [5.74, 6) is 0. The maximum absolute atomic E-state index is 12.9. The van der Waals surface area contributed by atoms with E-state index in [9.17, 15) is 21.6 Å². The van der Waals surface area contributed by atoms with E-state index in [2.05, 4.69) is 9.44 Å². The maximum atomic E-state index is 12.9. The second-order valence-corrected chi connectivity index (χ2v) is 13.3. The lowest BCUT2D eigenvalue weighted by Crippen LogP contribution is -2.39. The van der Waals surface area contributed by atoms with E-state index in [-0.39, 0.29) is 22.4 Å². The number of benzene rings is 2. The van der Waals surface area contributed by atoms with Crippen molar-refractivity contribution in [2.24, 2.45) is 0 Å². The molecule has 36 heavy (non-hydrogen) atoms. The summed E-state index contributed by atoms with van der Waals surface area (Å²) in [5, 5.41) is 0. The molecule has 1 amide bonds. The molecule has 1 saturated heterocycles. The van der Waals surface area contributed by atoms with Gasteiger partial charge >= 0.3 is 6.09 Å². The van der Waals surface area contributed by atoms with Crippen LogP contribution in [0.1, 0.15) is 32.8 Å². The first-order valence-corrected chi connectivity index (χ1v) is 14.9. The number of amides is 1. The summed E-state index contributed by atoms with van der Waals surface area (Å²) in [5.41, 5.74) is 1.25. The van der Waals surface area contributed by atoms with Crippen LogP contribution in [0.15, 0.2) is 47.4 Å². The topological polar surface area (TPSA) is 125 Å². The Labute approximate surface area is 213 Å². The highest BCUT2D eigenvalue weighted by Crippen LogP contribution is 2.31. The number of hydrogen-bond acceptors (Lipinski definition) is 7. The molecule has 2 aromatic rings. The first kappa shape index (κ1) is 27.6. The number of rotatable bonds is 6. The number of hydrogen-bond donors (Lipinski definition) is 2. The molecular weight excluding hydrogens is 504 g/mol. The summed E-state index contributed by atoms with van der Waals surface area (Å²) < 4.78 is 60.3. The van der Waals surface area contributed by atoms with Crippen LogP contribution in [-0.4, -0.2) is 65.9 Å². The molecule has 1 aliphatic heterocycles. The summed E-state index contributed by atoms with van der Waals surface area (Å²) >= 11 is 0. The SMILES string of the molecule is Cc1ccc(S(=O)(=O)Nc2ccc(N3CCCN(C(=O)OC(C)(C)C)CC3)cc2NS(C)(=O)=O)cc1. The highest BCUT2D eigenvalue weighted by molar-refractivity contribution is 7.93. The molecule has 2 aromatic carbocycles. The van der Waals surface area contributed by atoms with Gasteiger partial charge in [-0.2, -0.15) is 0 Å². The van der Waals surface area contributed by atoms with Gasteiger partial charge in [-0.25, -0.2) is 21.6 Å². The number of aryl methyl sites for hydroxylation is 1. The van der Waals surface area contributed by atoms with Crippen LogP contribution in [0.2, 0.25) is 0 Å². The van der Waals surface area contributed by atoms with Crippen LogP contribution in [-0.2, 0) is 24.8 Å². The molecule has 1 heterocycles. The monoisotopic (exact) mass is 538 g/mol. The zero-order valence-electron chi connectivity index (χ0n) is 21.2. The van der Waals surface area contributed by atoms with E-state index in [4.69, 9.17) is 4.74 Å². The highest BCUT2D eigenvalue weighted by atomic mass is 32.2. The standard InChI is InChI=1S/C24H34N4O6S2/c1-18-7-10-20(11-8-18)36(32,33)26-21-12-9-19(17-22(21)25-35(5,30)31)27-13-6-14-28(16-15-27)23(29)34-24(2,3)4/h7-12,17,25-26H,6,13-16H2,1-5H3. The maximum Gasteiger partial charge on any atom is 0.410 e. The molecule has 0 aliphatic carbocycles. The summed E-state index contributed by atoms with van der Waals surface area (Å²) in [4.78, 5) is 16.2. The van der Waals surface area contributed by atoms with Crippen molar-refractivity contribution in [3.8, 4) is 0 Å². The summed E-state index contributed by atoms with van der Waals surface area (Å²) in [7, 11) is -7.63. The van der Waals surface area contributed by atoms with Gasteiger partial charge in [-0.1, -0.05) is 17.7 Å². The molecule has 2 N–H and O–H groups in total.